The van der Waals surface area contributed by atoms with Crippen molar-refractivity contribution in [3.05, 3.63) is 34.1 Å². The summed E-state index contributed by atoms with van der Waals surface area (Å²) in [6.07, 6.45) is 0. The molecule has 0 radical (unpaired) electrons. The minimum atomic E-state index is -0.824. The first-order valence-electron chi connectivity index (χ1n) is 5.25. The molecule has 1 aromatic rings. The molecule has 0 bridgehead atoms. The lowest BCUT2D eigenvalue weighted by molar-refractivity contribution is -0.141. The Hall–Kier alpha value is -0.940. The lowest BCUT2D eigenvalue weighted by atomic mass is 10.1. The van der Waals surface area contributed by atoms with Gasteiger partial charge in [-0.25, -0.2) is 4.39 Å². The largest absolute Gasteiger partial charge is 0.481 e. The number of carboxylic acids is 1. The zero-order valence-electron chi connectivity index (χ0n) is 9.78. The normalized spacial score (nSPS) is 12.8. The zero-order valence-corrected chi connectivity index (χ0v) is 11.4. The molecule has 17 heavy (non-hydrogen) atoms. The second kappa shape index (κ2) is 6.12. The topological polar surface area (TPSA) is 40.5 Å². The highest BCUT2D eigenvalue weighted by Gasteiger charge is 2.14. The zero-order chi connectivity index (χ0) is 13.0. The average Bonchev–Trinajstić information content (AvgIpc) is 2.23. The Kier molecular flexibility index (Phi) is 5.08. The van der Waals surface area contributed by atoms with E-state index in [1.165, 1.54) is 12.1 Å². The fraction of sp³-hybridized carbons (Fsp3) is 0.417. The smallest absolute Gasteiger partial charge is 0.307 e. The minimum Gasteiger partial charge on any atom is -0.481 e. The summed E-state index contributed by atoms with van der Waals surface area (Å²) in [5, 5.41) is 8.80. The highest BCUT2D eigenvalue weighted by Crippen LogP contribution is 2.19. The van der Waals surface area contributed by atoms with Crippen LogP contribution in [-0.4, -0.2) is 29.6 Å². The maximum absolute atomic E-state index is 13.1. The van der Waals surface area contributed by atoms with E-state index in [4.69, 9.17) is 5.11 Å². The van der Waals surface area contributed by atoms with Crippen LogP contribution < -0.4 is 0 Å². The van der Waals surface area contributed by atoms with Gasteiger partial charge < -0.3 is 10.0 Å². The van der Waals surface area contributed by atoms with Crippen molar-refractivity contribution in [1.29, 1.82) is 0 Å². The van der Waals surface area contributed by atoms with E-state index in [-0.39, 0.29) is 5.82 Å². The van der Waals surface area contributed by atoms with Crippen LogP contribution in [0.3, 0.4) is 0 Å². The highest BCUT2D eigenvalue weighted by atomic mass is 79.9. The Bertz CT molecular complexity index is 411. The quantitative estimate of drug-likeness (QED) is 0.909. The lowest BCUT2D eigenvalue weighted by Crippen LogP contribution is -2.28. The Balaban J connectivity index is 2.64. The van der Waals surface area contributed by atoms with Crippen molar-refractivity contribution >= 4 is 21.9 Å². The van der Waals surface area contributed by atoms with Gasteiger partial charge in [-0.2, -0.15) is 0 Å². The van der Waals surface area contributed by atoms with Gasteiger partial charge in [-0.1, -0.05) is 22.9 Å². The Morgan fingerprint density at radius 1 is 1.59 bits per heavy atom. The number of halogens is 2. The molecule has 1 N–H and O–H groups in total. The molecule has 1 unspecified atom stereocenters. The van der Waals surface area contributed by atoms with Gasteiger partial charge in [0.1, 0.15) is 5.82 Å². The first kappa shape index (κ1) is 14.1. The van der Waals surface area contributed by atoms with Gasteiger partial charge in [-0.05, 0) is 30.8 Å². The number of hydrogen-bond donors (Lipinski definition) is 1. The van der Waals surface area contributed by atoms with Gasteiger partial charge in [-0.3, -0.25) is 4.79 Å². The van der Waals surface area contributed by atoms with Crippen LogP contribution in [0.1, 0.15) is 12.5 Å². The highest BCUT2D eigenvalue weighted by molar-refractivity contribution is 9.10. The second-order valence-corrected chi connectivity index (χ2v) is 5.03. The maximum atomic E-state index is 13.1. The second-order valence-electron chi connectivity index (χ2n) is 4.17. The van der Waals surface area contributed by atoms with Crippen LogP contribution in [0.5, 0.6) is 0 Å². The SMILES string of the molecule is CC(CN(C)Cc1cc(F)ccc1Br)C(=O)O. The monoisotopic (exact) mass is 303 g/mol. The van der Waals surface area contributed by atoms with Gasteiger partial charge in [0.2, 0.25) is 0 Å². The summed E-state index contributed by atoms with van der Waals surface area (Å²) in [5.41, 5.74) is 0.810. The third-order valence-corrected chi connectivity index (χ3v) is 3.23. The summed E-state index contributed by atoms with van der Waals surface area (Å²) < 4.78 is 13.9. The third kappa shape index (κ3) is 4.44. The van der Waals surface area contributed by atoms with Crippen LogP contribution in [0.2, 0.25) is 0 Å². The number of aliphatic carboxylic acids is 1. The van der Waals surface area contributed by atoms with E-state index in [1.807, 2.05) is 11.9 Å². The summed E-state index contributed by atoms with van der Waals surface area (Å²) >= 11 is 3.34. The Morgan fingerprint density at radius 2 is 2.24 bits per heavy atom. The average molecular weight is 304 g/mol. The first-order valence-corrected chi connectivity index (χ1v) is 6.04. The molecule has 5 heteroatoms. The standard InChI is InChI=1S/C12H15BrFNO2/c1-8(12(16)17)6-15(2)7-9-5-10(14)3-4-11(9)13/h3-5,8H,6-7H2,1-2H3,(H,16,17). The molecule has 0 amide bonds. The molecule has 0 fully saturated rings. The molecule has 0 spiro atoms. The van der Waals surface area contributed by atoms with Crippen LogP contribution in [0.25, 0.3) is 0 Å². The molecule has 0 aromatic heterocycles. The number of benzene rings is 1. The molecule has 0 aliphatic rings. The molecule has 1 atom stereocenters. The van der Waals surface area contributed by atoms with Crippen molar-refractivity contribution in [3.8, 4) is 0 Å². The predicted octanol–water partition coefficient (Wildman–Crippen LogP) is 2.74. The molecular weight excluding hydrogens is 289 g/mol. The molecule has 0 heterocycles. The van der Waals surface area contributed by atoms with E-state index >= 15 is 0 Å². The van der Waals surface area contributed by atoms with Crippen molar-refractivity contribution in [3.63, 3.8) is 0 Å². The van der Waals surface area contributed by atoms with Gasteiger partial charge in [0.25, 0.3) is 0 Å². The number of carboxylic acid groups (broad SMARTS) is 1. The fourth-order valence-corrected chi connectivity index (χ4v) is 1.94. The van der Waals surface area contributed by atoms with E-state index in [1.54, 1.807) is 13.0 Å². The molecule has 0 saturated carbocycles. The Morgan fingerprint density at radius 3 is 2.82 bits per heavy atom. The third-order valence-electron chi connectivity index (χ3n) is 2.46. The van der Waals surface area contributed by atoms with E-state index in [0.717, 1.165) is 10.0 Å². The van der Waals surface area contributed by atoms with Crippen molar-refractivity contribution in [1.82, 2.24) is 4.90 Å². The van der Waals surface area contributed by atoms with Crippen LogP contribution in [0.15, 0.2) is 22.7 Å². The van der Waals surface area contributed by atoms with E-state index in [2.05, 4.69) is 15.9 Å². The fourth-order valence-electron chi connectivity index (χ4n) is 1.57. The number of rotatable bonds is 5. The summed E-state index contributed by atoms with van der Waals surface area (Å²) in [7, 11) is 1.82. The predicted molar refractivity (Wildman–Crippen MR) is 67.2 cm³/mol. The summed E-state index contributed by atoms with van der Waals surface area (Å²) in [4.78, 5) is 12.6. The van der Waals surface area contributed by atoms with Crippen LogP contribution >= 0.6 is 15.9 Å². The molecule has 0 aliphatic heterocycles. The number of nitrogens with zero attached hydrogens (tertiary/aromatic N) is 1. The number of carbonyl (C=O) groups is 1. The van der Waals surface area contributed by atoms with Gasteiger partial charge >= 0.3 is 5.97 Å². The summed E-state index contributed by atoms with van der Waals surface area (Å²) in [6.45, 7) is 2.59. The van der Waals surface area contributed by atoms with Crippen molar-refractivity contribution in [2.24, 2.45) is 5.92 Å². The molecule has 0 saturated heterocycles. The Labute approximate surface area is 108 Å². The van der Waals surface area contributed by atoms with E-state index in [0.29, 0.717) is 13.1 Å². The molecule has 94 valence electrons. The molecule has 1 rings (SSSR count). The maximum Gasteiger partial charge on any atom is 0.307 e. The molecule has 0 aliphatic carbocycles. The molecule has 3 nitrogen and oxygen atoms in total. The lowest BCUT2D eigenvalue weighted by Gasteiger charge is -2.19. The van der Waals surface area contributed by atoms with Crippen molar-refractivity contribution in [2.75, 3.05) is 13.6 Å². The van der Waals surface area contributed by atoms with Gasteiger partial charge in [0.05, 0.1) is 5.92 Å². The molecule has 1 aromatic carbocycles. The van der Waals surface area contributed by atoms with Crippen LogP contribution in [-0.2, 0) is 11.3 Å². The van der Waals surface area contributed by atoms with Crippen molar-refractivity contribution < 1.29 is 14.3 Å². The van der Waals surface area contributed by atoms with Crippen LogP contribution in [0.4, 0.5) is 4.39 Å². The summed E-state index contributed by atoms with van der Waals surface area (Å²) in [5.74, 6) is -1.55. The van der Waals surface area contributed by atoms with Crippen molar-refractivity contribution in [2.45, 2.75) is 13.5 Å². The first-order chi connectivity index (χ1) is 7.90. The number of hydrogen-bond acceptors (Lipinski definition) is 2. The van der Waals surface area contributed by atoms with Gasteiger partial charge in [0, 0.05) is 17.6 Å². The minimum absolute atomic E-state index is 0.289. The van der Waals surface area contributed by atoms with Gasteiger partial charge in [0.15, 0.2) is 0 Å². The van der Waals surface area contributed by atoms with E-state index in [9.17, 15) is 9.18 Å². The van der Waals surface area contributed by atoms with Crippen LogP contribution in [0, 0.1) is 11.7 Å². The van der Waals surface area contributed by atoms with E-state index < -0.39 is 11.9 Å². The molecular formula is C12H15BrFNO2. The summed E-state index contributed by atoms with van der Waals surface area (Å²) in [6, 6.07) is 4.48. The van der Waals surface area contributed by atoms with Gasteiger partial charge in [-0.15, -0.1) is 0 Å².